The van der Waals surface area contributed by atoms with Crippen LogP contribution in [0.2, 0.25) is 0 Å². The average molecular weight is 235 g/mol. The molecule has 0 radical (unpaired) electrons. The lowest BCUT2D eigenvalue weighted by Gasteiger charge is -2.19. The molecule has 17 heavy (non-hydrogen) atoms. The smallest absolute Gasteiger partial charge is 0.127 e. The minimum Gasteiger partial charge on any atom is -0.310 e. The summed E-state index contributed by atoms with van der Waals surface area (Å²) >= 11 is 0. The van der Waals surface area contributed by atoms with E-state index >= 15 is 0 Å². The van der Waals surface area contributed by atoms with Crippen molar-refractivity contribution in [1.29, 1.82) is 0 Å². The van der Waals surface area contributed by atoms with Crippen LogP contribution in [0.25, 0.3) is 0 Å². The summed E-state index contributed by atoms with van der Waals surface area (Å²) in [4.78, 5) is 0. The Labute approximate surface area is 104 Å². The summed E-state index contributed by atoms with van der Waals surface area (Å²) in [6.07, 6.45) is 4.73. The molecule has 2 heteroatoms. The van der Waals surface area contributed by atoms with Crippen molar-refractivity contribution in [2.75, 3.05) is 6.54 Å². The van der Waals surface area contributed by atoms with Crippen LogP contribution in [0, 0.1) is 12.7 Å². The van der Waals surface area contributed by atoms with Gasteiger partial charge in [-0.05, 0) is 38.8 Å². The second-order valence-electron chi connectivity index (χ2n) is 4.40. The summed E-state index contributed by atoms with van der Waals surface area (Å²) in [5, 5.41) is 3.40. The maximum atomic E-state index is 13.8. The van der Waals surface area contributed by atoms with Gasteiger partial charge in [-0.1, -0.05) is 30.7 Å². The summed E-state index contributed by atoms with van der Waals surface area (Å²) in [5.74, 6) is -0.117. The molecule has 1 unspecified atom stereocenters. The Kier molecular flexibility index (Phi) is 5.92. The van der Waals surface area contributed by atoms with Crippen molar-refractivity contribution < 1.29 is 4.39 Å². The van der Waals surface area contributed by atoms with Crippen molar-refractivity contribution in [3.63, 3.8) is 0 Å². The molecule has 1 rings (SSSR count). The van der Waals surface area contributed by atoms with Crippen molar-refractivity contribution in [2.45, 2.75) is 39.2 Å². The first-order valence-electron chi connectivity index (χ1n) is 6.29. The fraction of sp³-hybridized carbons (Fsp3) is 0.467. The monoisotopic (exact) mass is 235 g/mol. The van der Waals surface area contributed by atoms with E-state index in [1.54, 1.807) is 6.07 Å². The van der Waals surface area contributed by atoms with Gasteiger partial charge in [-0.25, -0.2) is 4.39 Å². The van der Waals surface area contributed by atoms with Crippen LogP contribution in [0.5, 0.6) is 0 Å². The zero-order valence-electron chi connectivity index (χ0n) is 10.8. The molecular formula is C15H22FN. The van der Waals surface area contributed by atoms with Gasteiger partial charge in [-0.15, -0.1) is 6.58 Å². The highest BCUT2D eigenvalue weighted by molar-refractivity contribution is 5.27. The van der Waals surface area contributed by atoms with Gasteiger partial charge < -0.3 is 5.32 Å². The number of allylic oxidation sites excluding steroid dienone is 1. The molecule has 0 heterocycles. The third kappa shape index (κ3) is 4.31. The molecule has 0 aromatic heterocycles. The van der Waals surface area contributed by atoms with Gasteiger partial charge in [0.25, 0.3) is 0 Å². The Bertz CT molecular complexity index is 360. The summed E-state index contributed by atoms with van der Waals surface area (Å²) in [6.45, 7) is 8.75. The zero-order valence-corrected chi connectivity index (χ0v) is 10.8. The van der Waals surface area contributed by atoms with Crippen molar-refractivity contribution in [2.24, 2.45) is 0 Å². The van der Waals surface area contributed by atoms with Crippen LogP contribution in [0.3, 0.4) is 0 Å². The van der Waals surface area contributed by atoms with Gasteiger partial charge in [0, 0.05) is 11.6 Å². The van der Waals surface area contributed by atoms with E-state index in [1.807, 2.05) is 25.1 Å². The number of rotatable bonds is 7. The van der Waals surface area contributed by atoms with Crippen LogP contribution in [-0.4, -0.2) is 6.54 Å². The second kappa shape index (κ2) is 7.23. The molecule has 1 atom stereocenters. The number of aryl methyl sites for hydroxylation is 1. The third-order valence-corrected chi connectivity index (χ3v) is 2.83. The molecular weight excluding hydrogens is 213 g/mol. The topological polar surface area (TPSA) is 12.0 Å². The van der Waals surface area contributed by atoms with Gasteiger partial charge in [0.2, 0.25) is 0 Å². The lowest BCUT2D eigenvalue weighted by atomic mass is 9.99. The maximum Gasteiger partial charge on any atom is 0.127 e. The number of hydrogen-bond donors (Lipinski definition) is 1. The fourth-order valence-corrected chi connectivity index (χ4v) is 1.90. The predicted molar refractivity (Wildman–Crippen MR) is 71.6 cm³/mol. The largest absolute Gasteiger partial charge is 0.310 e. The van der Waals surface area contributed by atoms with Gasteiger partial charge in [0.1, 0.15) is 5.82 Å². The van der Waals surface area contributed by atoms with Crippen LogP contribution >= 0.6 is 0 Å². The lowest BCUT2D eigenvalue weighted by Crippen LogP contribution is -2.23. The molecule has 0 aliphatic carbocycles. The van der Waals surface area contributed by atoms with E-state index in [0.717, 1.165) is 36.9 Å². The van der Waals surface area contributed by atoms with E-state index in [9.17, 15) is 4.39 Å². The molecule has 1 aromatic carbocycles. The first-order valence-corrected chi connectivity index (χ1v) is 6.29. The van der Waals surface area contributed by atoms with E-state index < -0.39 is 0 Å². The van der Waals surface area contributed by atoms with Crippen molar-refractivity contribution in [1.82, 2.24) is 5.32 Å². The standard InChI is InChI=1S/C15H22FN/c1-4-6-7-15(17-10-5-2)13-11-12(3)8-9-14(13)16/h4,8-9,11,15,17H,1,5-7,10H2,2-3H3. The molecule has 0 amide bonds. The zero-order chi connectivity index (χ0) is 12.7. The average Bonchev–Trinajstić information content (AvgIpc) is 2.33. The quantitative estimate of drug-likeness (QED) is 0.700. The van der Waals surface area contributed by atoms with E-state index in [2.05, 4.69) is 18.8 Å². The Balaban J connectivity index is 2.85. The highest BCUT2D eigenvalue weighted by Gasteiger charge is 2.14. The van der Waals surface area contributed by atoms with Crippen LogP contribution in [0.1, 0.15) is 43.4 Å². The van der Waals surface area contributed by atoms with Crippen LogP contribution < -0.4 is 5.32 Å². The highest BCUT2D eigenvalue weighted by Crippen LogP contribution is 2.23. The Morgan fingerprint density at radius 2 is 2.24 bits per heavy atom. The van der Waals surface area contributed by atoms with Gasteiger partial charge in [-0.2, -0.15) is 0 Å². The van der Waals surface area contributed by atoms with E-state index in [0.29, 0.717) is 0 Å². The van der Waals surface area contributed by atoms with Gasteiger partial charge in [0.05, 0.1) is 0 Å². The summed E-state index contributed by atoms with van der Waals surface area (Å²) in [5.41, 5.74) is 1.88. The Morgan fingerprint density at radius 1 is 1.47 bits per heavy atom. The molecule has 0 spiro atoms. The molecule has 0 aliphatic heterocycles. The maximum absolute atomic E-state index is 13.8. The minimum absolute atomic E-state index is 0.0906. The summed E-state index contributed by atoms with van der Waals surface area (Å²) < 4.78 is 13.8. The lowest BCUT2D eigenvalue weighted by molar-refractivity contribution is 0.476. The SMILES string of the molecule is C=CCCC(NCCC)c1cc(C)ccc1F. The predicted octanol–water partition coefficient (Wildman–Crippen LogP) is 4.14. The molecule has 0 fully saturated rings. The van der Waals surface area contributed by atoms with Gasteiger partial charge in [0.15, 0.2) is 0 Å². The molecule has 0 aliphatic rings. The van der Waals surface area contributed by atoms with Gasteiger partial charge >= 0.3 is 0 Å². The third-order valence-electron chi connectivity index (χ3n) is 2.83. The van der Waals surface area contributed by atoms with Gasteiger partial charge in [-0.3, -0.25) is 0 Å². The number of hydrogen-bond acceptors (Lipinski definition) is 1. The number of halogens is 1. The molecule has 94 valence electrons. The molecule has 1 N–H and O–H groups in total. The molecule has 1 aromatic rings. The Hall–Kier alpha value is -1.15. The Morgan fingerprint density at radius 3 is 2.88 bits per heavy atom. The minimum atomic E-state index is -0.117. The fourth-order valence-electron chi connectivity index (χ4n) is 1.90. The second-order valence-corrected chi connectivity index (χ2v) is 4.40. The first-order chi connectivity index (χ1) is 8.19. The molecule has 0 bridgehead atoms. The van der Waals surface area contributed by atoms with Crippen molar-refractivity contribution in [3.05, 3.63) is 47.8 Å². The number of benzene rings is 1. The molecule has 0 saturated heterocycles. The molecule has 0 saturated carbocycles. The first kappa shape index (κ1) is 13.9. The van der Waals surface area contributed by atoms with Crippen molar-refractivity contribution in [3.8, 4) is 0 Å². The van der Waals surface area contributed by atoms with Crippen LogP contribution in [0.4, 0.5) is 4.39 Å². The van der Waals surface area contributed by atoms with E-state index in [4.69, 9.17) is 0 Å². The van der Waals surface area contributed by atoms with Crippen LogP contribution in [0.15, 0.2) is 30.9 Å². The van der Waals surface area contributed by atoms with Crippen LogP contribution in [-0.2, 0) is 0 Å². The molecule has 1 nitrogen and oxygen atoms in total. The van der Waals surface area contributed by atoms with E-state index in [-0.39, 0.29) is 11.9 Å². The van der Waals surface area contributed by atoms with E-state index in [1.165, 1.54) is 0 Å². The summed E-state index contributed by atoms with van der Waals surface area (Å²) in [6, 6.07) is 5.39. The normalized spacial score (nSPS) is 12.4. The van der Waals surface area contributed by atoms with Crippen molar-refractivity contribution >= 4 is 0 Å². The highest BCUT2D eigenvalue weighted by atomic mass is 19.1. The summed E-state index contributed by atoms with van der Waals surface area (Å²) in [7, 11) is 0. The number of nitrogens with one attached hydrogen (secondary N) is 1.